The Labute approximate surface area is 210 Å². The molecule has 0 spiro atoms. The molecule has 2 atom stereocenters. The Bertz CT molecular complexity index is 1370. The summed E-state index contributed by atoms with van der Waals surface area (Å²) < 4.78 is 40.5. The topological polar surface area (TPSA) is 108 Å². The van der Waals surface area contributed by atoms with Crippen LogP contribution < -0.4 is 20.4 Å². The van der Waals surface area contributed by atoms with Crippen LogP contribution in [0.25, 0.3) is 11.1 Å². The van der Waals surface area contributed by atoms with Gasteiger partial charge in [-0.2, -0.15) is 18.3 Å². The van der Waals surface area contributed by atoms with Crippen LogP contribution >= 0.6 is 0 Å². The zero-order chi connectivity index (χ0) is 26.5. The highest BCUT2D eigenvalue weighted by Gasteiger charge is 2.41. The maximum absolute atomic E-state index is 13.5. The molecule has 2 aliphatic rings. The number of aryl methyl sites for hydroxylation is 2. The number of amides is 3. The largest absolute Gasteiger partial charge is 0.408 e. The van der Waals surface area contributed by atoms with E-state index in [0.29, 0.717) is 31.0 Å². The van der Waals surface area contributed by atoms with Gasteiger partial charge in [-0.25, -0.2) is 14.8 Å². The molecule has 0 aromatic carbocycles. The van der Waals surface area contributed by atoms with E-state index in [9.17, 15) is 22.8 Å². The van der Waals surface area contributed by atoms with Crippen molar-refractivity contribution in [1.29, 1.82) is 0 Å². The Morgan fingerprint density at radius 2 is 2.00 bits per heavy atom. The van der Waals surface area contributed by atoms with Crippen LogP contribution in [0.1, 0.15) is 29.5 Å². The van der Waals surface area contributed by atoms with Gasteiger partial charge < -0.3 is 10.2 Å². The van der Waals surface area contributed by atoms with Gasteiger partial charge in [-0.1, -0.05) is 0 Å². The number of pyridine rings is 2. The Hall–Kier alpha value is -4.16. The van der Waals surface area contributed by atoms with Gasteiger partial charge in [0.25, 0.3) is 5.91 Å². The molecule has 2 aliphatic heterocycles. The summed E-state index contributed by atoms with van der Waals surface area (Å²) in [6.07, 6.45) is -0.447. The number of alkyl halides is 3. The molecule has 10 nitrogen and oxygen atoms in total. The number of hydrogen-bond acceptors (Lipinski definition) is 6. The fourth-order valence-corrected chi connectivity index (χ4v) is 4.67. The molecule has 2 N–H and O–H groups in total. The predicted molar refractivity (Wildman–Crippen MR) is 131 cm³/mol. The molecular formula is C24H25F3N8O2. The first kappa shape index (κ1) is 24.5. The molecule has 3 aromatic heterocycles. The summed E-state index contributed by atoms with van der Waals surface area (Å²) in [6.45, 7) is 4.02. The number of carbonyl (C=O) groups excluding carboxylic acids is 2. The number of anilines is 3. The Kier molecular flexibility index (Phi) is 6.00. The van der Waals surface area contributed by atoms with Crippen LogP contribution in [0.2, 0.25) is 0 Å². The van der Waals surface area contributed by atoms with Gasteiger partial charge in [0.1, 0.15) is 17.6 Å². The number of rotatable bonds is 4. The molecule has 3 amide bonds. The van der Waals surface area contributed by atoms with Gasteiger partial charge in [0.05, 0.1) is 17.4 Å². The lowest BCUT2D eigenvalue weighted by molar-refractivity contribution is -0.149. The minimum Gasteiger partial charge on any atom is -0.366 e. The van der Waals surface area contributed by atoms with Gasteiger partial charge in [-0.05, 0) is 50.1 Å². The van der Waals surface area contributed by atoms with Gasteiger partial charge in [0.2, 0.25) is 0 Å². The first-order valence-corrected chi connectivity index (χ1v) is 11.7. The van der Waals surface area contributed by atoms with Crippen LogP contribution in [0.15, 0.2) is 36.7 Å². The fraction of sp³-hybridized carbons (Fsp3) is 0.375. The molecule has 1 saturated heterocycles. The second kappa shape index (κ2) is 9.05. The molecule has 0 saturated carbocycles. The monoisotopic (exact) mass is 514 g/mol. The fourth-order valence-electron chi connectivity index (χ4n) is 4.67. The van der Waals surface area contributed by atoms with Crippen LogP contribution in [-0.2, 0) is 7.05 Å². The molecule has 194 valence electrons. The molecule has 0 aliphatic carbocycles. The number of urea groups is 1. The summed E-state index contributed by atoms with van der Waals surface area (Å²) in [5, 5.41) is 9.08. The van der Waals surface area contributed by atoms with Crippen LogP contribution in [0, 0.1) is 6.92 Å². The second-order valence-electron chi connectivity index (χ2n) is 9.20. The highest BCUT2D eigenvalue weighted by atomic mass is 19.4. The number of nitrogens with zero attached hydrogens (tertiary/aromatic N) is 6. The summed E-state index contributed by atoms with van der Waals surface area (Å²) >= 11 is 0. The molecule has 3 aromatic rings. The quantitative estimate of drug-likeness (QED) is 0.552. The van der Waals surface area contributed by atoms with E-state index < -0.39 is 24.2 Å². The van der Waals surface area contributed by atoms with E-state index >= 15 is 0 Å². The third-order valence-electron chi connectivity index (χ3n) is 6.56. The van der Waals surface area contributed by atoms with Crippen molar-refractivity contribution in [3.05, 3.63) is 48.0 Å². The minimum absolute atomic E-state index is 0.206. The summed E-state index contributed by atoms with van der Waals surface area (Å²) in [4.78, 5) is 38.1. The van der Waals surface area contributed by atoms with Crippen molar-refractivity contribution < 1.29 is 22.8 Å². The van der Waals surface area contributed by atoms with Crippen LogP contribution in [0.4, 0.5) is 35.3 Å². The molecule has 2 bridgehead atoms. The standard InChI is InChI=1S/C24H25F3N8O2/c1-13-17(12-33(3)32-13)15-6-8-28-20(10-15)31-23(37)35-16-7-9-34(11-16)19-5-4-18(30-21(19)35)22(36)29-14(2)24(25,26)27/h4-6,8,10,12,14,16H,7,9,11H2,1-3H3,(H,29,36)(H,28,31,37)/t14?,16-/m0/s1. The zero-order valence-corrected chi connectivity index (χ0v) is 20.4. The number of fused-ring (bicyclic) bond motifs is 4. The lowest BCUT2D eigenvalue weighted by Gasteiger charge is -2.35. The summed E-state index contributed by atoms with van der Waals surface area (Å²) in [5.74, 6) is -0.430. The number of aromatic nitrogens is 4. The highest BCUT2D eigenvalue weighted by Crippen LogP contribution is 2.39. The Morgan fingerprint density at radius 3 is 2.70 bits per heavy atom. The highest BCUT2D eigenvalue weighted by molar-refractivity contribution is 6.05. The van der Waals surface area contributed by atoms with E-state index in [1.807, 2.05) is 36.5 Å². The Morgan fingerprint density at radius 1 is 1.22 bits per heavy atom. The molecule has 5 rings (SSSR count). The average molecular weight is 515 g/mol. The van der Waals surface area contributed by atoms with Crippen LogP contribution in [0.5, 0.6) is 0 Å². The van der Waals surface area contributed by atoms with Crippen LogP contribution in [-0.4, -0.2) is 63.0 Å². The van der Waals surface area contributed by atoms with Crippen molar-refractivity contribution >= 4 is 29.3 Å². The van der Waals surface area contributed by atoms with E-state index in [4.69, 9.17) is 0 Å². The average Bonchev–Trinajstić information content (AvgIpc) is 3.41. The van der Waals surface area contributed by atoms with E-state index in [-0.39, 0.29) is 17.6 Å². The third kappa shape index (κ3) is 4.68. The summed E-state index contributed by atoms with van der Waals surface area (Å²) in [5.41, 5.74) is 2.99. The zero-order valence-electron chi connectivity index (χ0n) is 20.4. The normalized spacial score (nSPS) is 17.4. The summed E-state index contributed by atoms with van der Waals surface area (Å²) in [6, 6.07) is 3.79. The lowest BCUT2D eigenvalue weighted by atomic mass is 10.1. The molecular weight excluding hydrogens is 489 g/mol. The maximum Gasteiger partial charge on any atom is 0.408 e. The first-order valence-electron chi connectivity index (χ1n) is 11.7. The molecule has 13 heteroatoms. The number of hydrogen-bond donors (Lipinski definition) is 2. The van der Waals surface area contributed by atoms with Gasteiger partial charge in [-0.15, -0.1) is 0 Å². The van der Waals surface area contributed by atoms with Crippen molar-refractivity contribution in [2.45, 2.75) is 38.5 Å². The molecule has 1 unspecified atom stereocenters. The Balaban J connectivity index is 1.42. The molecule has 0 radical (unpaired) electrons. The molecule has 5 heterocycles. The first-order chi connectivity index (χ1) is 17.5. The van der Waals surface area contributed by atoms with Crippen molar-refractivity contribution in [2.24, 2.45) is 7.05 Å². The van der Waals surface area contributed by atoms with E-state index in [1.165, 1.54) is 11.0 Å². The smallest absolute Gasteiger partial charge is 0.366 e. The number of nitrogens with one attached hydrogen (secondary N) is 2. The van der Waals surface area contributed by atoms with Gasteiger partial charge >= 0.3 is 12.2 Å². The second-order valence-corrected chi connectivity index (χ2v) is 9.20. The summed E-state index contributed by atoms with van der Waals surface area (Å²) in [7, 11) is 1.82. The van der Waals surface area contributed by atoms with E-state index in [1.54, 1.807) is 23.0 Å². The van der Waals surface area contributed by atoms with Crippen molar-refractivity contribution in [3.63, 3.8) is 0 Å². The van der Waals surface area contributed by atoms with Gasteiger partial charge in [-0.3, -0.25) is 19.7 Å². The SMILES string of the molecule is Cc1nn(C)cc1-c1ccnc(NC(=O)N2c3nc(C(=O)NC(C)C(F)(F)F)ccc3N3CC[C@H]2C3)c1. The van der Waals surface area contributed by atoms with Crippen LogP contribution in [0.3, 0.4) is 0 Å². The van der Waals surface area contributed by atoms with Gasteiger partial charge in [0.15, 0.2) is 5.82 Å². The third-order valence-corrected chi connectivity index (χ3v) is 6.56. The lowest BCUT2D eigenvalue weighted by Crippen LogP contribution is -2.49. The van der Waals surface area contributed by atoms with Gasteiger partial charge in [0, 0.05) is 38.1 Å². The molecule has 37 heavy (non-hydrogen) atoms. The number of halogens is 3. The predicted octanol–water partition coefficient (Wildman–Crippen LogP) is 3.50. The van der Waals surface area contributed by atoms with Crippen molar-refractivity contribution in [1.82, 2.24) is 25.1 Å². The number of carbonyl (C=O) groups is 2. The van der Waals surface area contributed by atoms with Crippen molar-refractivity contribution in [3.8, 4) is 11.1 Å². The van der Waals surface area contributed by atoms with Crippen molar-refractivity contribution in [2.75, 3.05) is 28.2 Å². The van der Waals surface area contributed by atoms with E-state index in [0.717, 1.165) is 23.7 Å². The van der Waals surface area contributed by atoms with E-state index in [2.05, 4.69) is 20.4 Å². The minimum atomic E-state index is -4.59. The molecule has 1 fully saturated rings. The maximum atomic E-state index is 13.5.